The molecule has 3 rings (SSSR count). The normalized spacial score (nSPS) is 12.5. The average Bonchev–Trinajstić information content (AvgIpc) is 3.05. The van der Waals surface area contributed by atoms with Crippen LogP contribution in [0.25, 0.3) is 16.9 Å². The van der Waals surface area contributed by atoms with Crippen LogP contribution in [0.5, 0.6) is 0 Å². The minimum absolute atomic E-state index is 0.0255. The van der Waals surface area contributed by atoms with Gasteiger partial charge in [0.05, 0.1) is 17.8 Å². The third kappa shape index (κ3) is 3.76. The number of hydrogen-bond donors (Lipinski definition) is 4. The highest BCUT2D eigenvalue weighted by molar-refractivity contribution is 5.74. The molecule has 0 atom stereocenters. The van der Waals surface area contributed by atoms with E-state index in [9.17, 15) is 22.8 Å². The van der Waals surface area contributed by atoms with Crippen LogP contribution in [0.1, 0.15) is 17.0 Å². The van der Waals surface area contributed by atoms with Crippen LogP contribution >= 0.6 is 0 Å². The van der Waals surface area contributed by atoms with E-state index < -0.39 is 23.0 Å². The van der Waals surface area contributed by atoms with Crippen LogP contribution in [0.3, 0.4) is 0 Å². The van der Waals surface area contributed by atoms with Crippen LogP contribution in [-0.4, -0.2) is 24.5 Å². The first-order valence-corrected chi connectivity index (χ1v) is 7.90. The maximum Gasteiger partial charge on any atom is 0.416 e. The molecule has 6 N–H and O–H groups in total. The van der Waals surface area contributed by atoms with Gasteiger partial charge in [0.1, 0.15) is 5.52 Å². The molecule has 0 aliphatic rings. The molecular weight excluding hydrogens is 379 g/mol. The number of alkyl halides is 3. The van der Waals surface area contributed by atoms with Gasteiger partial charge in [-0.15, -0.1) is 0 Å². The van der Waals surface area contributed by atoms with Gasteiger partial charge < -0.3 is 15.7 Å². The summed E-state index contributed by atoms with van der Waals surface area (Å²) in [7, 11) is 1.42. The van der Waals surface area contributed by atoms with E-state index in [1.165, 1.54) is 25.4 Å². The molecule has 28 heavy (non-hydrogen) atoms. The van der Waals surface area contributed by atoms with Crippen molar-refractivity contribution in [3.8, 4) is 0 Å². The Morgan fingerprint density at radius 2 is 2.04 bits per heavy atom. The topological polar surface area (TPSA) is 139 Å². The third-order valence-corrected chi connectivity index (χ3v) is 3.95. The molecule has 12 heteroatoms. The Kier molecular flexibility index (Phi) is 4.73. The molecule has 0 unspecified atom stereocenters. The van der Waals surface area contributed by atoms with Gasteiger partial charge in [0.15, 0.2) is 11.5 Å². The number of aromatic nitrogens is 4. The Hall–Kier alpha value is -3.54. The van der Waals surface area contributed by atoms with Crippen LogP contribution in [-0.2, 0) is 19.8 Å². The average molecular weight is 395 g/mol. The number of H-pyrrole nitrogens is 2. The number of aryl methyl sites for hydroxylation is 1. The van der Waals surface area contributed by atoms with Gasteiger partial charge in [-0.2, -0.15) is 13.2 Å². The van der Waals surface area contributed by atoms with E-state index in [0.717, 1.165) is 21.7 Å². The van der Waals surface area contributed by atoms with Crippen molar-refractivity contribution in [3.63, 3.8) is 0 Å². The van der Waals surface area contributed by atoms with Gasteiger partial charge in [0.25, 0.3) is 5.56 Å². The standard InChI is InChI=1S/C16H16F3N7O2/c1-25-13-11(14(27)24-15(25)28)22-12(23-13)10(20)7-26(21)6-8-3-2-4-9(5-8)16(17,18)19/h2-5,7H,6,20-21H2,1H3,(H,22,23)(H,24,27,28)/b10-7-. The molecule has 0 fully saturated rings. The van der Waals surface area contributed by atoms with Crippen molar-refractivity contribution in [2.75, 3.05) is 0 Å². The highest BCUT2D eigenvalue weighted by Crippen LogP contribution is 2.29. The quantitative estimate of drug-likeness (QED) is 0.377. The Labute approximate surface area is 155 Å². The second kappa shape index (κ2) is 6.88. The van der Waals surface area contributed by atoms with Crippen molar-refractivity contribution in [3.05, 3.63) is 68.3 Å². The summed E-state index contributed by atoms with van der Waals surface area (Å²) in [5.74, 6) is 5.90. The number of benzene rings is 1. The predicted octanol–water partition coefficient (Wildman–Crippen LogP) is 0.602. The van der Waals surface area contributed by atoms with Crippen LogP contribution < -0.4 is 22.8 Å². The highest BCUT2D eigenvalue weighted by atomic mass is 19.4. The maximum atomic E-state index is 12.8. The van der Waals surface area contributed by atoms with Gasteiger partial charge in [-0.05, 0) is 17.7 Å². The van der Waals surface area contributed by atoms with E-state index in [-0.39, 0.29) is 29.2 Å². The van der Waals surface area contributed by atoms with Crippen molar-refractivity contribution >= 4 is 16.9 Å². The van der Waals surface area contributed by atoms with Crippen LogP contribution in [0.15, 0.2) is 40.1 Å². The molecule has 1 aromatic carbocycles. The molecule has 0 spiro atoms. The Morgan fingerprint density at radius 1 is 1.32 bits per heavy atom. The van der Waals surface area contributed by atoms with Gasteiger partial charge in [0, 0.05) is 13.2 Å². The van der Waals surface area contributed by atoms with Crippen molar-refractivity contribution in [2.45, 2.75) is 12.7 Å². The number of nitrogens with zero attached hydrogens (tertiary/aromatic N) is 3. The van der Waals surface area contributed by atoms with Crippen molar-refractivity contribution in [2.24, 2.45) is 18.6 Å². The molecule has 148 valence electrons. The minimum Gasteiger partial charge on any atom is -0.394 e. The lowest BCUT2D eigenvalue weighted by atomic mass is 10.1. The van der Waals surface area contributed by atoms with E-state index in [4.69, 9.17) is 11.6 Å². The molecule has 9 nitrogen and oxygen atoms in total. The summed E-state index contributed by atoms with van der Waals surface area (Å²) in [4.78, 5) is 32.4. The van der Waals surface area contributed by atoms with Gasteiger partial charge in [-0.1, -0.05) is 12.1 Å². The summed E-state index contributed by atoms with van der Waals surface area (Å²) in [6.45, 7) is -0.0517. The molecule has 0 amide bonds. The molecule has 2 aromatic heterocycles. The summed E-state index contributed by atoms with van der Waals surface area (Å²) in [6, 6.07) is 4.73. The van der Waals surface area contributed by atoms with Crippen molar-refractivity contribution in [1.29, 1.82) is 0 Å². The molecule has 0 aliphatic carbocycles. The number of halogens is 3. The minimum atomic E-state index is -4.46. The smallest absolute Gasteiger partial charge is 0.394 e. The second-order valence-corrected chi connectivity index (χ2v) is 6.06. The predicted molar refractivity (Wildman–Crippen MR) is 95.3 cm³/mol. The largest absolute Gasteiger partial charge is 0.416 e. The lowest BCUT2D eigenvalue weighted by Crippen LogP contribution is -2.28. The SMILES string of the molecule is Cn1c(=O)[nH]c(=O)c2[nH]c(/C(N)=C/N(N)Cc3cccc(C(F)(F)F)c3)nc21. The van der Waals surface area contributed by atoms with Crippen LogP contribution in [0, 0.1) is 0 Å². The number of rotatable bonds is 4. The van der Waals surface area contributed by atoms with E-state index in [1.807, 2.05) is 0 Å². The Bertz CT molecular complexity index is 1170. The summed E-state index contributed by atoms with van der Waals surface area (Å²) in [6.07, 6.45) is -3.20. The monoisotopic (exact) mass is 395 g/mol. The van der Waals surface area contributed by atoms with Crippen molar-refractivity contribution in [1.82, 2.24) is 24.5 Å². The zero-order chi connectivity index (χ0) is 20.6. The molecular formula is C16H16F3N7O2. The zero-order valence-electron chi connectivity index (χ0n) is 14.5. The van der Waals surface area contributed by atoms with Gasteiger partial charge in [0.2, 0.25) is 0 Å². The van der Waals surface area contributed by atoms with Gasteiger partial charge in [-0.3, -0.25) is 14.3 Å². The number of nitrogens with one attached hydrogen (secondary N) is 2. The Balaban J connectivity index is 1.87. The van der Waals surface area contributed by atoms with Crippen LogP contribution in [0.4, 0.5) is 13.2 Å². The van der Waals surface area contributed by atoms with E-state index in [2.05, 4.69) is 15.0 Å². The number of hydrogen-bond acceptors (Lipinski definition) is 6. The number of imidazole rings is 1. The molecule has 0 aliphatic heterocycles. The number of hydrazine groups is 1. The lowest BCUT2D eigenvalue weighted by Gasteiger charge is -2.16. The first-order chi connectivity index (χ1) is 13.1. The van der Waals surface area contributed by atoms with E-state index in [1.54, 1.807) is 0 Å². The summed E-state index contributed by atoms with van der Waals surface area (Å²) in [5.41, 5.74) is 4.34. The fourth-order valence-electron chi connectivity index (χ4n) is 2.58. The number of fused-ring (bicyclic) bond motifs is 1. The van der Waals surface area contributed by atoms with E-state index >= 15 is 0 Å². The fraction of sp³-hybridized carbons (Fsp3) is 0.188. The summed E-state index contributed by atoms with van der Waals surface area (Å²) >= 11 is 0. The summed E-state index contributed by atoms with van der Waals surface area (Å²) < 4.78 is 39.5. The number of nitrogens with two attached hydrogens (primary N) is 2. The van der Waals surface area contributed by atoms with Gasteiger partial charge in [-0.25, -0.2) is 15.6 Å². The molecule has 3 aromatic rings. The lowest BCUT2D eigenvalue weighted by molar-refractivity contribution is -0.137. The maximum absolute atomic E-state index is 12.8. The molecule has 0 saturated heterocycles. The molecule has 2 heterocycles. The molecule has 0 radical (unpaired) electrons. The number of aromatic amines is 2. The Morgan fingerprint density at radius 3 is 2.71 bits per heavy atom. The first kappa shape index (κ1) is 19.2. The fourth-order valence-corrected chi connectivity index (χ4v) is 2.58. The van der Waals surface area contributed by atoms with E-state index in [0.29, 0.717) is 5.56 Å². The second-order valence-electron chi connectivity index (χ2n) is 6.06. The van der Waals surface area contributed by atoms with Crippen molar-refractivity contribution < 1.29 is 13.2 Å². The molecule has 0 bridgehead atoms. The molecule has 0 saturated carbocycles. The van der Waals surface area contributed by atoms with Crippen LogP contribution in [0.2, 0.25) is 0 Å². The first-order valence-electron chi connectivity index (χ1n) is 7.90. The third-order valence-electron chi connectivity index (χ3n) is 3.95. The zero-order valence-corrected chi connectivity index (χ0v) is 14.5. The highest BCUT2D eigenvalue weighted by Gasteiger charge is 2.30. The van der Waals surface area contributed by atoms with Gasteiger partial charge >= 0.3 is 11.9 Å². The summed E-state index contributed by atoms with van der Waals surface area (Å²) in [5, 5.41) is 1.08.